The van der Waals surface area contributed by atoms with Crippen LogP contribution >= 0.6 is 12.2 Å². The van der Waals surface area contributed by atoms with Crippen LogP contribution in [0.2, 0.25) is 0 Å². The average molecular weight is 569 g/mol. The molecule has 0 fully saturated rings. The SMILES string of the molecule is CC(C)c1ccccc1NC(=S)NC(=O)NCCc1ccc(-c2ncn(-c3ccc(OC(F)(F)F)cc3)n2)cc1. The molecule has 1 aromatic heterocycles. The molecule has 0 aliphatic heterocycles. The number of alkyl halides is 3. The number of ether oxygens (including phenoxy) is 1. The summed E-state index contributed by atoms with van der Waals surface area (Å²) >= 11 is 5.28. The second-order valence-corrected chi connectivity index (χ2v) is 9.49. The van der Waals surface area contributed by atoms with Gasteiger partial charge in [0.1, 0.15) is 12.1 Å². The molecule has 1 heterocycles. The number of carbonyl (C=O) groups excluding carboxylic acids is 1. The lowest BCUT2D eigenvalue weighted by molar-refractivity contribution is -0.274. The minimum atomic E-state index is -4.75. The number of thiocarbonyl (C=S) groups is 1. The van der Waals surface area contributed by atoms with Gasteiger partial charge in [0, 0.05) is 17.8 Å². The molecule has 0 bridgehead atoms. The van der Waals surface area contributed by atoms with E-state index in [4.69, 9.17) is 12.2 Å². The molecular weight excluding hydrogens is 541 g/mol. The first-order valence-corrected chi connectivity index (χ1v) is 12.8. The fourth-order valence-corrected chi connectivity index (χ4v) is 4.08. The van der Waals surface area contributed by atoms with Gasteiger partial charge in [-0.05, 0) is 66.0 Å². The Morgan fingerprint density at radius 3 is 2.40 bits per heavy atom. The molecule has 2 amide bonds. The van der Waals surface area contributed by atoms with E-state index in [2.05, 4.69) is 44.6 Å². The number of para-hydroxylation sites is 1. The number of aromatic nitrogens is 3. The molecular formula is C28H27F3N6O2S. The number of halogens is 3. The van der Waals surface area contributed by atoms with Crippen molar-refractivity contribution in [1.29, 1.82) is 0 Å². The first-order valence-electron chi connectivity index (χ1n) is 12.4. The highest BCUT2D eigenvalue weighted by Crippen LogP contribution is 2.25. The maximum Gasteiger partial charge on any atom is 0.573 e. The van der Waals surface area contributed by atoms with E-state index in [-0.39, 0.29) is 10.9 Å². The first kappa shape index (κ1) is 28.6. The van der Waals surface area contributed by atoms with Crippen molar-refractivity contribution >= 4 is 29.0 Å². The third-order valence-corrected chi connectivity index (χ3v) is 6.00. The lowest BCUT2D eigenvalue weighted by Crippen LogP contribution is -2.42. The highest BCUT2D eigenvalue weighted by molar-refractivity contribution is 7.80. The number of benzene rings is 3. The van der Waals surface area contributed by atoms with Gasteiger partial charge in [0.05, 0.1) is 5.69 Å². The number of nitrogens with one attached hydrogen (secondary N) is 3. The van der Waals surface area contributed by atoms with Crippen molar-refractivity contribution in [3.8, 4) is 22.8 Å². The van der Waals surface area contributed by atoms with E-state index in [9.17, 15) is 18.0 Å². The second kappa shape index (κ2) is 12.6. The van der Waals surface area contributed by atoms with Gasteiger partial charge >= 0.3 is 12.4 Å². The Labute approximate surface area is 234 Å². The van der Waals surface area contributed by atoms with Crippen LogP contribution in [0.1, 0.15) is 30.9 Å². The summed E-state index contributed by atoms with van der Waals surface area (Å²) in [7, 11) is 0. The van der Waals surface area contributed by atoms with E-state index in [0.717, 1.165) is 22.4 Å². The van der Waals surface area contributed by atoms with Crippen LogP contribution in [0.25, 0.3) is 17.1 Å². The summed E-state index contributed by atoms with van der Waals surface area (Å²) < 4.78 is 42.4. The van der Waals surface area contributed by atoms with Crippen molar-refractivity contribution in [2.75, 3.05) is 11.9 Å². The van der Waals surface area contributed by atoms with Crippen LogP contribution in [0.4, 0.5) is 23.7 Å². The van der Waals surface area contributed by atoms with Crippen LogP contribution in [0.15, 0.2) is 79.1 Å². The van der Waals surface area contributed by atoms with Gasteiger partial charge in [-0.1, -0.05) is 56.3 Å². The fourth-order valence-electron chi connectivity index (χ4n) is 3.88. The number of nitrogens with zero attached hydrogens (tertiary/aromatic N) is 3. The molecule has 3 aromatic carbocycles. The number of hydrogen-bond acceptors (Lipinski definition) is 5. The Morgan fingerprint density at radius 2 is 1.73 bits per heavy atom. The van der Waals surface area contributed by atoms with E-state index < -0.39 is 12.4 Å². The van der Waals surface area contributed by atoms with Gasteiger partial charge in [-0.15, -0.1) is 18.3 Å². The van der Waals surface area contributed by atoms with E-state index in [1.165, 1.54) is 35.3 Å². The predicted molar refractivity (Wildman–Crippen MR) is 150 cm³/mol. The largest absolute Gasteiger partial charge is 0.573 e. The Kier molecular flexibility index (Phi) is 9.00. The molecule has 0 aliphatic carbocycles. The average Bonchev–Trinajstić information content (AvgIpc) is 3.39. The van der Waals surface area contributed by atoms with E-state index in [0.29, 0.717) is 30.4 Å². The molecule has 12 heteroatoms. The molecule has 40 heavy (non-hydrogen) atoms. The Balaban J connectivity index is 1.25. The van der Waals surface area contributed by atoms with Gasteiger partial charge in [-0.25, -0.2) is 14.5 Å². The number of hydrogen-bond donors (Lipinski definition) is 3. The van der Waals surface area contributed by atoms with Crippen LogP contribution in [0.5, 0.6) is 5.75 Å². The molecule has 0 saturated heterocycles. The molecule has 8 nitrogen and oxygen atoms in total. The maximum atomic E-state index is 12.4. The van der Waals surface area contributed by atoms with Gasteiger partial charge in [-0.3, -0.25) is 5.32 Å². The van der Waals surface area contributed by atoms with Gasteiger partial charge in [0.15, 0.2) is 10.9 Å². The third-order valence-electron chi connectivity index (χ3n) is 5.80. The lowest BCUT2D eigenvalue weighted by Gasteiger charge is -2.15. The van der Waals surface area contributed by atoms with E-state index in [1.54, 1.807) is 0 Å². The summed E-state index contributed by atoms with van der Waals surface area (Å²) in [5.74, 6) is 0.450. The molecule has 0 saturated carbocycles. The lowest BCUT2D eigenvalue weighted by atomic mass is 10.0. The van der Waals surface area contributed by atoms with Gasteiger partial charge in [-0.2, -0.15) is 0 Å². The van der Waals surface area contributed by atoms with Crippen LogP contribution in [-0.4, -0.2) is 38.8 Å². The quantitative estimate of drug-likeness (QED) is 0.219. The molecule has 208 valence electrons. The van der Waals surface area contributed by atoms with E-state index in [1.807, 2.05) is 48.5 Å². The van der Waals surface area contributed by atoms with Crippen molar-refractivity contribution in [2.24, 2.45) is 0 Å². The summed E-state index contributed by atoms with van der Waals surface area (Å²) in [6.07, 6.45) is -2.67. The molecule has 0 spiro atoms. The minimum absolute atomic E-state index is 0.215. The summed E-state index contributed by atoms with van der Waals surface area (Å²) in [6.45, 7) is 4.57. The zero-order valence-corrected chi connectivity index (χ0v) is 22.5. The van der Waals surface area contributed by atoms with Gasteiger partial charge < -0.3 is 15.4 Å². The van der Waals surface area contributed by atoms with Crippen molar-refractivity contribution in [1.82, 2.24) is 25.4 Å². The minimum Gasteiger partial charge on any atom is -0.406 e. The molecule has 3 N–H and O–H groups in total. The Bertz CT molecular complexity index is 1450. The smallest absolute Gasteiger partial charge is 0.406 e. The van der Waals surface area contributed by atoms with Crippen LogP contribution in [0, 0.1) is 0 Å². The van der Waals surface area contributed by atoms with E-state index >= 15 is 0 Å². The first-order chi connectivity index (χ1) is 19.1. The standard InChI is InChI=1S/C28H27F3N6O2S/c1-18(2)23-5-3-4-6-24(23)34-27(40)35-26(38)32-16-15-19-7-9-20(10-8-19)25-33-17-37(36-25)21-11-13-22(14-12-21)39-28(29,30)31/h3-14,17-18H,15-16H2,1-2H3,(H3,32,34,35,38,40). The molecule has 4 aromatic rings. The monoisotopic (exact) mass is 568 g/mol. The molecule has 0 unspecified atom stereocenters. The highest BCUT2D eigenvalue weighted by atomic mass is 32.1. The van der Waals surface area contributed by atoms with Crippen molar-refractivity contribution in [3.63, 3.8) is 0 Å². The molecule has 0 atom stereocenters. The highest BCUT2D eigenvalue weighted by Gasteiger charge is 2.31. The normalized spacial score (nSPS) is 11.2. The molecule has 4 rings (SSSR count). The number of rotatable bonds is 8. The maximum absolute atomic E-state index is 12.4. The summed E-state index contributed by atoms with van der Waals surface area (Å²) in [4.78, 5) is 16.6. The Morgan fingerprint density at radius 1 is 1.02 bits per heavy atom. The van der Waals surface area contributed by atoms with Gasteiger partial charge in [0.2, 0.25) is 0 Å². The fraction of sp³-hybridized carbons (Fsp3) is 0.214. The number of anilines is 1. The van der Waals surface area contributed by atoms with Crippen molar-refractivity contribution in [3.05, 3.63) is 90.3 Å². The van der Waals surface area contributed by atoms with Gasteiger partial charge in [0.25, 0.3) is 0 Å². The zero-order chi connectivity index (χ0) is 28.7. The number of amides is 2. The predicted octanol–water partition coefficient (Wildman–Crippen LogP) is 6.20. The summed E-state index contributed by atoms with van der Waals surface area (Å²) in [5, 5.41) is 13.1. The van der Waals surface area contributed by atoms with Crippen LogP contribution < -0.4 is 20.7 Å². The van der Waals surface area contributed by atoms with Crippen LogP contribution in [-0.2, 0) is 6.42 Å². The third kappa shape index (κ3) is 8.03. The van der Waals surface area contributed by atoms with Crippen molar-refractivity contribution < 1.29 is 22.7 Å². The van der Waals surface area contributed by atoms with Crippen LogP contribution in [0.3, 0.4) is 0 Å². The summed E-state index contributed by atoms with van der Waals surface area (Å²) in [5.41, 5.74) is 4.26. The second-order valence-electron chi connectivity index (χ2n) is 9.08. The molecule has 0 aliphatic rings. The number of carbonyl (C=O) groups is 1. The van der Waals surface area contributed by atoms with Crippen molar-refractivity contribution in [2.45, 2.75) is 32.5 Å². The topological polar surface area (TPSA) is 93.1 Å². The zero-order valence-electron chi connectivity index (χ0n) is 21.7. The Hall–Kier alpha value is -4.45. The molecule has 0 radical (unpaired) electrons. The summed E-state index contributed by atoms with van der Waals surface area (Å²) in [6, 6.07) is 20.3. The number of urea groups is 1.